The van der Waals surface area contributed by atoms with Crippen LogP contribution >= 0.6 is 0 Å². The number of nitrogens with zero attached hydrogens (tertiary/aromatic N) is 1. The number of amides is 4. The van der Waals surface area contributed by atoms with Crippen molar-refractivity contribution >= 4 is 23.5 Å². The monoisotopic (exact) mass is 407 g/mol. The summed E-state index contributed by atoms with van der Waals surface area (Å²) in [6.45, 7) is 0.565. The molecule has 3 aliphatic rings. The van der Waals surface area contributed by atoms with E-state index in [4.69, 9.17) is 9.47 Å². The highest BCUT2D eigenvalue weighted by atomic mass is 16.6. The van der Waals surface area contributed by atoms with Crippen molar-refractivity contribution in [2.45, 2.75) is 24.8 Å². The third kappa shape index (κ3) is 2.96. The van der Waals surface area contributed by atoms with Crippen LogP contribution < -0.4 is 20.1 Å². The van der Waals surface area contributed by atoms with Gasteiger partial charge in [-0.2, -0.15) is 0 Å². The first-order chi connectivity index (χ1) is 14.6. The summed E-state index contributed by atoms with van der Waals surface area (Å²) in [6.07, 6.45) is 2.18. The van der Waals surface area contributed by atoms with Crippen LogP contribution in [0.5, 0.6) is 11.5 Å². The van der Waals surface area contributed by atoms with Crippen molar-refractivity contribution in [1.29, 1.82) is 0 Å². The van der Waals surface area contributed by atoms with Crippen LogP contribution in [0.15, 0.2) is 42.5 Å². The second-order valence-corrected chi connectivity index (χ2v) is 7.64. The molecule has 1 spiro atoms. The SMILES string of the molecule is O=C(CN1C(=O)N[C@]2(CCCc3ccccc32)C1=O)Nc1ccc2c(c1)OCCO2. The first-order valence-corrected chi connectivity index (χ1v) is 9.99. The van der Waals surface area contributed by atoms with Gasteiger partial charge >= 0.3 is 6.03 Å². The smallest absolute Gasteiger partial charge is 0.325 e. The highest BCUT2D eigenvalue weighted by Crippen LogP contribution is 2.40. The summed E-state index contributed by atoms with van der Waals surface area (Å²) in [7, 11) is 0. The van der Waals surface area contributed by atoms with E-state index in [1.54, 1.807) is 18.2 Å². The van der Waals surface area contributed by atoms with Crippen LogP contribution in [0.3, 0.4) is 0 Å². The van der Waals surface area contributed by atoms with Crippen LogP contribution in [-0.4, -0.2) is 42.5 Å². The van der Waals surface area contributed by atoms with Crippen molar-refractivity contribution in [3.05, 3.63) is 53.6 Å². The number of fused-ring (bicyclic) bond motifs is 3. The number of ether oxygens (including phenoxy) is 2. The molecular weight excluding hydrogens is 386 g/mol. The third-order valence-corrected chi connectivity index (χ3v) is 5.78. The Morgan fingerprint density at radius 2 is 1.90 bits per heavy atom. The zero-order valence-corrected chi connectivity index (χ0v) is 16.3. The fraction of sp³-hybridized carbons (Fsp3) is 0.318. The maximum Gasteiger partial charge on any atom is 0.325 e. The van der Waals surface area contributed by atoms with Crippen molar-refractivity contribution in [3.63, 3.8) is 0 Å². The third-order valence-electron chi connectivity index (χ3n) is 5.78. The first kappa shape index (κ1) is 18.5. The van der Waals surface area contributed by atoms with E-state index in [2.05, 4.69) is 10.6 Å². The lowest BCUT2D eigenvalue weighted by molar-refractivity contribution is -0.134. The van der Waals surface area contributed by atoms with E-state index in [9.17, 15) is 14.4 Å². The van der Waals surface area contributed by atoms with E-state index in [1.165, 1.54) is 0 Å². The summed E-state index contributed by atoms with van der Waals surface area (Å²) >= 11 is 0. The largest absolute Gasteiger partial charge is 0.486 e. The second-order valence-electron chi connectivity index (χ2n) is 7.64. The van der Waals surface area contributed by atoms with E-state index in [1.807, 2.05) is 24.3 Å². The molecule has 1 aliphatic carbocycles. The van der Waals surface area contributed by atoms with Gasteiger partial charge in [0, 0.05) is 11.8 Å². The maximum atomic E-state index is 13.3. The van der Waals surface area contributed by atoms with E-state index in [0.717, 1.165) is 28.9 Å². The Bertz CT molecular complexity index is 1050. The number of carbonyl (C=O) groups is 3. The Morgan fingerprint density at radius 3 is 2.77 bits per heavy atom. The first-order valence-electron chi connectivity index (χ1n) is 9.99. The van der Waals surface area contributed by atoms with E-state index in [0.29, 0.717) is 36.8 Å². The predicted molar refractivity (Wildman–Crippen MR) is 107 cm³/mol. The molecule has 0 bridgehead atoms. The average Bonchev–Trinajstić information content (AvgIpc) is 2.98. The Balaban J connectivity index is 1.33. The predicted octanol–water partition coefficient (Wildman–Crippen LogP) is 2.18. The van der Waals surface area contributed by atoms with Crippen LogP contribution in [-0.2, 0) is 21.5 Å². The molecule has 0 radical (unpaired) electrons. The number of aryl methyl sites for hydroxylation is 1. The van der Waals surface area contributed by atoms with Gasteiger partial charge in [0.2, 0.25) is 5.91 Å². The topological polar surface area (TPSA) is 97.0 Å². The van der Waals surface area contributed by atoms with Gasteiger partial charge in [0.1, 0.15) is 25.3 Å². The van der Waals surface area contributed by atoms with Crippen molar-refractivity contribution in [2.75, 3.05) is 25.1 Å². The van der Waals surface area contributed by atoms with Crippen molar-refractivity contribution in [3.8, 4) is 11.5 Å². The van der Waals surface area contributed by atoms with Crippen molar-refractivity contribution < 1.29 is 23.9 Å². The Kier molecular flexibility index (Phi) is 4.34. The van der Waals surface area contributed by atoms with Gasteiger partial charge in [-0.15, -0.1) is 0 Å². The lowest BCUT2D eigenvalue weighted by Gasteiger charge is -2.33. The molecule has 154 valence electrons. The molecular formula is C22H21N3O5. The molecule has 8 nitrogen and oxygen atoms in total. The van der Waals surface area contributed by atoms with Crippen LogP contribution in [0, 0.1) is 0 Å². The minimum Gasteiger partial charge on any atom is -0.486 e. The molecule has 2 N–H and O–H groups in total. The van der Waals surface area contributed by atoms with E-state index in [-0.39, 0.29) is 12.5 Å². The summed E-state index contributed by atoms with van der Waals surface area (Å²) in [6, 6.07) is 12.2. The summed E-state index contributed by atoms with van der Waals surface area (Å²) in [5.74, 6) is 0.325. The lowest BCUT2D eigenvalue weighted by atomic mass is 9.76. The summed E-state index contributed by atoms with van der Waals surface area (Å²) in [5.41, 5.74) is 1.31. The number of anilines is 1. The zero-order valence-electron chi connectivity index (χ0n) is 16.3. The zero-order chi connectivity index (χ0) is 20.7. The van der Waals surface area contributed by atoms with Gasteiger partial charge in [-0.05, 0) is 42.5 Å². The quantitative estimate of drug-likeness (QED) is 0.761. The van der Waals surface area contributed by atoms with Gasteiger partial charge in [-0.1, -0.05) is 24.3 Å². The normalized spacial score (nSPS) is 21.9. The molecule has 1 atom stereocenters. The average molecular weight is 407 g/mol. The molecule has 2 heterocycles. The van der Waals surface area contributed by atoms with Crippen molar-refractivity contribution in [2.24, 2.45) is 0 Å². The fourth-order valence-corrected chi connectivity index (χ4v) is 4.42. The van der Waals surface area contributed by atoms with Gasteiger partial charge < -0.3 is 20.1 Å². The number of benzene rings is 2. The number of nitrogens with one attached hydrogen (secondary N) is 2. The van der Waals surface area contributed by atoms with E-state index >= 15 is 0 Å². The molecule has 4 amide bonds. The molecule has 1 fully saturated rings. The van der Waals surface area contributed by atoms with Crippen LogP contribution in [0.4, 0.5) is 10.5 Å². The number of urea groups is 1. The highest BCUT2D eigenvalue weighted by molar-refractivity contribution is 6.10. The number of hydrogen-bond donors (Lipinski definition) is 2. The van der Waals surface area contributed by atoms with Crippen molar-refractivity contribution in [1.82, 2.24) is 10.2 Å². The molecule has 2 aromatic rings. The molecule has 5 rings (SSSR count). The number of hydrogen-bond acceptors (Lipinski definition) is 5. The molecule has 0 unspecified atom stereocenters. The molecule has 2 aliphatic heterocycles. The Hall–Kier alpha value is -3.55. The molecule has 1 saturated heterocycles. The molecule has 8 heteroatoms. The number of carbonyl (C=O) groups excluding carboxylic acids is 3. The summed E-state index contributed by atoms with van der Waals surface area (Å²) < 4.78 is 11.0. The van der Waals surface area contributed by atoms with Gasteiger partial charge in [0.25, 0.3) is 5.91 Å². The second kappa shape index (κ2) is 7.05. The Morgan fingerprint density at radius 1 is 1.10 bits per heavy atom. The number of rotatable bonds is 3. The van der Waals surface area contributed by atoms with Crippen LogP contribution in [0.25, 0.3) is 0 Å². The fourth-order valence-electron chi connectivity index (χ4n) is 4.42. The van der Waals surface area contributed by atoms with Gasteiger partial charge in [-0.3, -0.25) is 14.5 Å². The van der Waals surface area contributed by atoms with Gasteiger partial charge in [-0.25, -0.2) is 4.79 Å². The molecule has 30 heavy (non-hydrogen) atoms. The summed E-state index contributed by atoms with van der Waals surface area (Å²) in [5, 5.41) is 5.58. The molecule has 0 aromatic heterocycles. The summed E-state index contributed by atoms with van der Waals surface area (Å²) in [4.78, 5) is 39.5. The minimum absolute atomic E-state index is 0.358. The Labute approximate surface area is 173 Å². The molecule has 2 aromatic carbocycles. The van der Waals surface area contributed by atoms with E-state index < -0.39 is 17.5 Å². The van der Waals surface area contributed by atoms with Gasteiger partial charge in [0.15, 0.2) is 11.5 Å². The minimum atomic E-state index is -1.08. The van der Waals surface area contributed by atoms with Crippen LogP contribution in [0.2, 0.25) is 0 Å². The van der Waals surface area contributed by atoms with Gasteiger partial charge in [0.05, 0.1) is 0 Å². The lowest BCUT2D eigenvalue weighted by Crippen LogP contribution is -2.47. The molecule has 0 saturated carbocycles. The van der Waals surface area contributed by atoms with Crippen LogP contribution in [0.1, 0.15) is 24.0 Å². The number of imide groups is 1. The highest BCUT2D eigenvalue weighted by Gasteiger charge is 2.54. The standard InChI is InChI=1S/C22H21N3O5/c26-19(23-15-7-8-17-18(12-15)30-11-10-29-17)13-25-20(27)22(24-21(25)28)9-3-5-14-4-1-2-6-16(14)22/h1-2,4,6-8,12H,3,5,9-11,13H2,(H,23,26)(H,24,28)/t22-/m0/s1. The maximum absolute atomic E-state index is 13.3.